The number of benzene rings is 8. The lowest BCUT2D eigenvalue weighted by Gasteiger charge is -2.34. The Morgan fingerprint density at radius 3 is 1.00 bits per heavy atom. The van der Waals surface area contributed by atoms with Gasteiger partial charge in [0.15, 0.2) is 0 Å². The Kier molecular flexibility index (Phi) is 6.38. The monoisotopic (exact) mass is 674 g/mol. The van der Waals surface area contributed by atoms with Crippen LogP contribution in [0.2, 0.25) is 13.1 Å². The van der Waals surface area contributed by atoms with Gasteiger partial charge in [-0.1, -0.05) is 171 Å². The summed E-state index contributed by atoms with van der Waals surface area (Å²) in [4.78, 5) is 0. The van der Waals surface area contributed by atoms with Crippen LogP contribution >= 0.6 is 0 Å². The molecule has 8 aromatic rings. The highest BCUT2D eigenvalue weighted by Gasteiger charge is 2.42. The van der Waals surface area contributed by atoms with Gasteiger partial charge in [-0.15, -0.1) is 0 Å². The van der Waals surface area contributed by atoms with Gasteiger partial charge in [-0.25, -0.2) is 0 Å². The Balaban J connectivity index is 1.41. The molecule has 8 aromatic carbocycles. The maximum atomic E-state index is 7.25. The van der Waals surface area contributed by atoms with Crippen molar-refractivity contribution in [3.63, 3.8) is 0 Å². The molecule has 4 heteroatoms. The van der Waals surface area contributed by atoms with Gasteiger partial charge < -0.3 is 8.83 Å². The third-order valence-corrected chi connectivity index (χ3v) is 20.2. The molecule has 0 radical (unpaired) electrons. The molecule has 0 N–H and O–H groups in total. The van der Waals surface area contributed by atoms with Gasteiger partial charge in [0.25, 0.3) is 0 Å². The predicted molar refractivity (Wildman–Crippen MR) is 216 cm³/mol. The molecule has 2 nitrogen and oxygen atoms in total. The minimum Gasteiger partial charge on any atom is -0.456 e. The molecule has 0 amide bonds. The van der Waals surface area contributed by atoms with Crippen LogP contribution in [0.15, 0.2) is 179 Å². The quantitative estimate of drug-likeness (QED) is 0.0769. The summed E-state index contributed by atoms with van der Waals surface area (Å²) in [6.07, 6.45) is 0. The van der Waals surface area contributed by atoms with E-state index in [1.807, 2.05) is 0 Å². The summed E-state index contributed by atoms with van der Waals surface area (Å²) in [5, 5.41) is 12.6. The summed E-state index contributed by atoms with van der Waals surface area (Å²) in [7, 11) is -5.18. The second-order valence-electron chi connectivity index (χ2n) is 13.9. The van der Waals surface area contributed by atoms with Crippen molar-refractivity contribution in [1.82, 2.24) is 0 Å². The average Bonchev–Trinajstić information content (AvgIpc) is 3.19. The van der Waals surface area contributed by atoms with Crippen molar-refractivity contribution in [3.05, 3.63) is 170 Å². The Labute approximate surface area is 292 Å². The van der Waals surface area contributed by atoms with E-state index < -0.39 is 16.1 Å². The summed E-state index contributed by atoms with van der Waals surface area (Å²) < 4.78 is 14.5. The molecule has 238 valence electrons. The van der Waals surface area contributed by atoms with Crippen molar-refractivity contribution in [2.45, 2.75) is 13.1 Å². The van der Waals surface area contributed by atoms with Crippen molar-refractivity contribution in [1.29, 1.82) is 0 Å². The van der Waals surface area contributed by atoms with Crippen LogP contribution in [0, 0.1) is 0 Å². The Bertz CT molecular complexity index is 2490. The van der Waals surface area contributed by atoms with Crippen molar-refractivity contribution in [2.24, 2.45) is 0 Å². The van der Waals surface area contributed by atoms with Crippen LogP contribution in [0.5, 0.6) is 0 Å². The molecule has 2 heterocycles. The molecule has 0 unspecified atom stereocenters. The van der Waals surface area contributed by atoms with Gasteiger partial charge in [0.05, 0.1) is 0 Å². The van der Waals surface area contributed by atoms with Crippen molar-refractivity contribution >= 4 is 91.1 Å². The van der Waals surface area contributed by atoms with Gasteiger partial charge in [-0.05, 0) is 54.0 Å². The highest BCUT2D eigenvalue weighted by atomic mass is 28.3. The third kappa shape index (κ3) is 4.00. The van der Waals surface area contributed by atoms with Crippen molar-refractivity contribution < 1.29 is 8.83 Å². The molecule has 0 saturated heterocycles. The maximum Gasteiger partial charge on any atom is 0.150 e. The number of hydrogen-bond acceptors (Lipinski definition) is 2. The summed E-state index contributed by atoms with van der Waals surface area (Å²) in [5.74, 6) is 0. The lowest BCUT2D eigenvalue weighted by molar-refractivity contribution is 0.649. The molecular formula is C46H34O2Si2. The second kappa shape index (κ2) is 10.9. The van der Waals surface area contributed by atoms with E-state index in [1.54, 1.807) is 0 Å². The van der Waals surface area contributed by atoms with Gasteiger partial charge >= 0.3 is 0 Å². The van der Waals surface area contributed by atoms with Crippen LogP contribution in [0.25, 0.3) is 55.0 Å². The van der Waals surface area contributed by atoms with E-state index in [0.717, 1.165) is 33.1 Å². The van der Waals surface area contributed by atoms with Crippen LogP contribution in [-0.4, -0.2) is 16.1 Å². The lowest BCUT2D eigenvalue weighted by Crippen LogP contribution is -2.65. The topological polar surface area (TPSA) is 26.3 Å². The lowest BCUT2D eigenvalue weighted by atomic mass is 9.90. The van der Waals surface area contributed by atoms with Crippen LogP contribution in [0.4, 0.5) is 0 Å². The zero-order valence-corrected chi connectivity index (χ0v) is 30.0. The van der Waals surface area contributed by atoms with E-state index >= 15 is 0 Å². The summed E-state index contributed by atoms with van der Waals surface area (Å²) >= 11 is 0. The average molecular weight is 675 g/mol. The third-order valence-electron chi connectivity index (χ3n) is 11.3. The molecule has 0 bridgehead atoms. The normalized spacial score (nSPS) is 12.6. The minimum atomic E-state index is -2.59. The van der Waals surface area contributed by atoms with Crippen molar-refractivity contribution in [2.75, 3.05) is 0 Å². The van der Waals surface area contributed by atoms with E-state index in [1.165, 1.54) is 53.0 Å². The summed E-state index contributed by atoms with van der Waals surface area (Å²) in [6.45, 7) is 4.97. The summed E-state index contributed by atoms with van der Waals surface area (Å²) in [6, 6.07) is 62.1. The van der Waals surface area contributed by atoms with E-state index in [4.69, 9.17) is 8.83 Å². The van der Waals surface area contributed by atoms with Gasteiger partial charge in [-0.3, -0.25) is 0 Å². The minimum absolute atomic E-state index is 0.890. The van der Waals surface area contributed by atoms with Gasteiger partial charge in [0.2, 0.25) is 0 Å². The Hall–Kier alpha value is -5.69. The fraction of sp³-hybridized carbons (Fsp3) is 0.0435. The zero-order valence-electron chi connectivity index (χ0n) is 28.0. The Morgan fingerprint density at radius 1 is 0.360 bits per heavy atom. The molecular weight excluding hydrogens is 641 g/mol. The van der Waals surface area contributed by atoms with E-state index in [2.05, 4.69) is 183 Å². The highest BCUT2D eigenvalue weighted by Crippen LogP contribution is 2.47. The van der Waals surface area contributed by atoms with Crippen LogP contribution in [0.1, 0.15) is 0 Å². The van der Waals surface area contributed by atoms with E-state index in [0.29, 0.717) is 0 Å². The Morgan fingerprint density at radius 2 is 0.680 bits per heavy atom. The first-order chi connectivity index (χ1) is 24.6. The standard InChI is InChI=1S/C46H34O2Si2/c1-49(33-19-7-3-8-20-33,34-21-9-4-10-22-34)39-29-31-17-15-28-38-41(31)43-44-42-32(18-16-27-37(42)47-45(39)43)30-40(46(44)48-38)50(2,35-23-11-5-12-24-35)36-25-13-6-14-26-36/h3-30H,1-2H3. The van der Waals surface area contributed by atoms with Gasteiger partial charge in [-0.2, -0.15) is 0 Å². The molecule has 0 fully saturated rings. The van der Waals surface area contributed by atoms with E-state index in [-0.39, 0.29) is 0 Å². The number of rotatable bonds is 6. The molecule has 0 aromatic heterocycles. The van der Waals surface area contributed by atoms with Gasteiger partial charge in [0, 0.05) is 21.9 Å². The van der Waals surface area contributed by atoms with Gasteiger partial charge in [0.1, 0.15) is 38.5 Å². The van der Waals surface area contributed by atoms with Crippen molar-refractivity contribution in [3.8, 4) is 11.1 Å². The number of hydrogen-bond donors (Lipinski definition) is 0. The second-order valence-corrected chi connectivity index (χ2v) is 21.8. The first-order valence-corrected chi connectivity index (χ1v) is 22.4. The molecule has 0 spiro atoms. The summed E-state index contributed by atoms with van der Waals surface area (Å²) in [5.41, 5.74) is 6.06. The molecule has 0 aliphatic carbocycles. The molecule has 50 heavy (non-hydrogen) atoms. The van der Waals surface area contributed by atoms with Crippen LogP contribution in [0.3, 0.4) is 0 Å². The van der Waals surface area contributed by atoms with E-state index in [9.17, 15) is 0 Å². The smallest absolute Gasteiger partial charge is 0.150 e. The van der Waals surface area contributed by atoms with Crippen LogP contribution < -0.4 is 31.1 Å². The maximum absolute atomic E-state index is 7.25. The fourth-order valence-corrected chi connectivity index (χ4v) is 16.2. The predicted octanol–water partition coefficient (Wildman–Crippen LogP) is 8.23. The first-order valence-electron chi connectivity index (χ1n) is 17.4. The molecule has 0 atom stereocenters. The van der Waals surface area contributed by atoms with Crippen LogP contribution in [-0.2, 0) is 0 Å². The first kappa shape index (κ1) is 29.2. The fourth-order valence-electron chi connectivity index (χ4n) is 8.67. The molecule has 2 aliphatic heterocycles. The SMILES string of the molecule is C[Si](c1ccccc1)(c1ccccc1)c1cc2cccc3oc4c([Si](C)(c5ccccc5)c5ccccc5)cc5cccc6oc1c(c23)-c4c56. The molecule has 2 aliphatic rings. The highest BCUT2D eigenvalue weighted by molar-refractivity contribution is 7.12. The molecule has 10 rings (SSSR count). The largest absolute Gasteiger partial charge is 0.456 e. The molecule has 0 saturated carbocycles. The zero-order chi connectivity index (χ0) is 33.5.